The summed E-state index contributed by atoms with van der Waals surface area (Å²) in [6.07, 6.45) is -0.905. The van der Waals surface area contributed by atoms with Gasteiger partial charge in [0.2, 0.25) is 17.4 Å². The number of amides is 3. The van der Waals surface area contributed by atoms with Crippen molar-refractivity contribution in [3.8, 4) is 0 Å². The van der Waals surface area contributed by atoms with Crippen molar-refractivity contribution in [3.05, 3.63) is 10.8 Å². The van der Waals surface area contributed by atoms with Gasteiger partial charge < -0.3 is 35.9 Å². The number of carboxylic acid groups (broad SMARTS) is 1. The first-order chi connectivity index (χ1) is 20.2. The third kappa shape index (κ3) is 8.03. The van der Waals surface area contributed by atoms with Crippen LogP contribution >= 0.6 is 46.4 Å². The van der Waals surface area contributed by atoms with Crippen LogP contribution in [0.5, 0.6) is 0 Å². The topological polar surface area (TPSA) is 224 Å². The Labute approximate surface area is 263 Å². The van der Waals surface area contributed by atoms with Gasteiger partial charge in [0.05, 0.1) is 6.54 Å². The van der Waals surface area contributed by atoms with Gasteiger partial charge in [-0.2, -0.15) is 9.36 Å². The van der Waals surface area contributed by atoms with Crippen LogP contribution in [0.1, 0.15) is 45.5 Å². The minimum Gasteiger partial charge on any atom is -0.481 e. The minimum absolute atomic E-state index is 0.0250. The summed E-state index contributed by atoms with van der Waals surface area (Å²) >= 11 is 4.60. The average molecular weight is 674 g/mol. The SMILES string of the molecule is CC(C)ON=C(C(=O)NC1C(=O)N2CC(CSc3nnc(CNC(=O)OC(C)(C)C)s3)(C(=O)O)CS[C@H]12)c1nsc(N)n1. The summed E-state index contributed by atoms with van der Waals surface area (Å²) in [5.74, 6) is -1.86. The summed E-state index contributed by atoms with van der Waals surface area (Å²) in [6.45, 7) is 8.82. The van der Waals surface area contributed by atoms with Crippen molar-refractivity contribution in [2.24, 2.45) is 10.6 Å². The third-order valence-corrected chi connectivity index (χ3v) is 10.3. The molecule has 0 spiro atoms. The van der Waals surface area contributed by atoms with Crippen molar-refractivity contribution in [2.45, 2.75) is 68.6 Å². The molecule has 4 heterocycles. The fourth-order valence-electron chi connectivity index (χ4n) is 3.82. The number of thioether (sulfide) groups is 2. The molecule has 0 bridgehead atoms. The second-order valence-corrected chi connectivity index (χ2v) is 15.0. The monoisotopic (exact) mass is 673 g/mol. The van der Waals surface area contributed by atoms with Crippen LogP contribution in [0.2, 0.25) is 0 Å². The average Bonchev–Trinajstić information content (AvgIpc) is 3.57. The number of carbonyl (C=O) groups excluding carboxylic acids is 3. The molecule has 16 nitrogen and oxygen atoms in total. The predicted octanol–water partition coefficient (Wildman–Crippen LogP) is 1.39. The van der Waals surface area contributed by atoms with Crippen molar-refractivity contribution in [3.63, 3.8) is 0 Å². The lowest BCUT2D eigenvalue weighted by molar-refractivity contribution is -0.157. The highest BCUT2D eigenvalue weighted by Gasteiger charge is 2.57. The van der Waals surface area contributed by atoms with Crippen LogP contribution in [-0.2, 0) is 30.5 Å². The number of oxime groups is 1. The molecule has 2 aliphatic heterocycles. The van der Waals surface area contributed by atoms with Crippen molar-refractivity contribution in [1.82, 2.24) is 35.1 Å². The Morgan fingerprint density at radius 3 is 2.67 bits per heavy atom. The van der Waals surface area contributed by atoms with Gasteiger partial charge in [-0.05, 0) is 34.6 Å². The largest absolute Gasteiger partial charge is 0.481 e. The van der Waals surface area contributed by atoms with Crippen LogP contribution in [0, 0.1) is 5.41 Å². The number of alkyl carbamates (subject to hydrolysis) is 1. The maximum Gasteiger partial charge on any atom is 0.408 e. The Balaban J connectivity index is 1.35. The molecule has 43 heavy (non-hydrogen) atoms. The first-order valence-corrected chi connectivity index (χ1v) is 16.5. The van der Waals surface area contributed by atoms with Gasteiger partial charge in [-0.15, -0.1) is 22.0 Å². The molecule has 2 aromatic heterocycles. The van der Waals surface area contributed by atoms with Gasteiger partial charge in [0.1, 0.15) is 33.5 Å². The fraction of sp³-hybridized carbons (Fsp3) is 0.609. The standard InChI is InChI=1S/C23H31N9O7S4/c1-10(2)39-30-12(14-27-19(24)43-31-14)15(33)26-13-16(34)32-7-23(18(35)36,8-40-17(13)32)9-41-21-29-28-11(42-21)6-25-20(37)38-22(3,4)5/h10,13,17H,6-9H2,1-5H3,(H,25,37)(H,26,33)(H,35,36)(H2,24,27,31)/t13?,17-,23?/m1/s1. The zero-order chi connectivity index (χ0) is 31.5. The number of ether oxygens (including phenoxy) is 1. The molecule has 234 valence electrons. The first kappa shape index (κ1) is 32.7. The van der Waals surface area contributed by atoms with Crippen molar-refractivity contribution in [2.75, 3.05) is 23.8 Å². The lowest BCUT2D eigenvalue weighted by atomic mass is 9.89. The van der Waals surface area contributed by atoms with Gasteiger partial charge in [-0.3, -0.25) is 14.4 Å². The molecule has 20 heteroatoms. The predicted molar refractivity (Wildman–Crippen MR) is 161 cm³/mol. The third-order valence-electron chi connectivity index (χ3n) is 5.81. The maximum atomic E-state index is 13.1. The normalized spacial score (nSPS) is 22.0. The molecule has 3 atom stereocenters. The number of carboxylic acids is 1. The number of nitrogens with two attached hydrogens (primary N) is 1. The molecule has 0 aromatic carbocycles. The highest BCUT2D eigenvalue weighted by molar-refractivity contribution is 8.01. The van der Waals surface area contributed by atoms with Crippen LogP contribution in [0.4, 0.5) is 9.93 Å². The van der Waals surface area contributed by atoms with Gasteiger partial charge >= 0.3 is 12.1 Å². The van der Waals surface area contributed by atoms with E-state index in [1.54, 1.807) is 34.6 Å². The van der Waals surface area contributed by atoms with E-state index in [1.807, 2.05) is 0 Å². The summed E-state index contributed by atoms with van der Waals surface area (Å²) in [7, 11) is 0. The number of nitrogen functional groups attached to an aromatic ring is 1. The van der Waals surface area contributed by atoms with E-state index < -0.39 is 46.3 Å². The summed E-state index contributed by atoms with van der Waals surface area (Å²) in [6, 6.07) is -0.889. The van der Waals surface area contributed by atoms with E-state index in [0.29, 0.717) is 9.35 Å². The Morgan fingerprint density at radius 1 is 1.30 bits per heavy atom. The molecule has 2 aromatic rings. The molecule has 0 aliphatic carbocycles. The number of nitrogens with zero attached hydrogens (tertiary/aromatic N) is 6. The molecule has 2 fully saturated rings. The Hall–Kier alpha value is -3.23. The van der Waals surface area contributed by atoms with Crippen LogP contribution < -0.4 is 16.4 Å². The number of hydrogen-bond donors (Lipinski definition) is 4. The lowest BCUT2D eigenvalue weighted by Gasteiger charge is -2.53. The maximum absolute atomic E-state index is 13.1. The molecule has 3 amide bonds. The van der Waals surface area contributed by atoms with Gasteiger partial charge in [0.15, 0.2) is 9.47 Å². The Bertz CT molecular complexity index is 1410. The molecule has 2 unspecified atom stereocenters. The minimum atomic E-state index is -1.25. The highest BCUT2D eigenvalue weighted by atomic mass is 32.2. The number of anilines is 1. The smallest absolute Gasteiger partial charge is 0.408 e. The van der Waals surface area contributed by atoms with Crippen LogP contribution in [0.25, 0.3) is 0 Å². The molecule has 2 aliphatic rings. The summed E-state index contributed by atoms with van der Waals surface area (Å²) in [5.41, 5.74) is 3.55. The number of aliphatic carboxylic acids is 1. The lowest BCUT2D eigenvalue weighted by Crippen LogP contribution is -2.74. The van der Waals surface area contributed by atoms with Crippen molar-refractivity contribution < 1.29 is 33.9 Å². The van der Waals surface area contributed by atoms with Gasteiger partial charge in [0, 0.05) is 29.6 Å². The van der Waals surface area contributed by atoms with E-state index in [1.165, 1.54) is 39.8 Å². The fourth-order valence-corrected chi connectivity index (χ4v) is 7.95. The second-order valence-electron chi connectivity index (χ2n) is 10.9. The zero-order valence-corrected chi connectivity index (χ0v) is 27.1. The Morgan fingerprint density at radius 2 is 2.05 bits per heavy atom. The van der Waals surface area contributed by atoms with Gasteiger partial charge in [-0.1, -0.05) is 28.3 Å². The van der Waals surface area contributed by atoms with Gasteiger partial charge in [-0.25, -0.2) is 4.79 Å². The number of nitrogens with one attached hydrogen (secondary N) is 2. The van der Waals surface area contributed by atoms with E-state index in [4.69, 9.17) is 15.3 Å². The highest BCUT2D eigenvalue weighted by Crippen LogP contribution is 2.44. The number of carbonyl (C=O) groups is 4. The first-order valence-electron chi connectivity index (χ1n) is 12.9. The summed E-state index contributed by atoms with van der Waals surface area (Å²) in [5, 5.41) is 27.6. The van der Waals surface area contributed by atoms with E-state index in [2.05, 4.69) is 35.3 Å². The van der Waals surface area contributed by atoms with Gasteiger partial charge in [0.25, 0.3) is 5.91 Å². The number of aromatic nitrogens is 4. The second kappa shape index (κ2) is 13.2. The van der Waals surface area contributed by atoms with Crippen molar-refractivity contribution in [1.29, 1.82) is 0 Å². The number of fused-ring (bicyclic) bond motifs is 1. The van der Waals surface area contributed by atoms with E-state index >= 15 is 0 Å². The molecule has 0 saturated carbocycles. The van der Waals surface area contributed by atoms with Crippen LogP contribution in [0.3, 0.4) is 0 Å². The van der Waals surface area contributed by atoms with Crippen molar-refractivity contribution >= 4 is 81.1 Å². The van der Waals surface area contributed by atoms with Crippen LogP contribution in [0.15, 0.2) is 9.50 Å². The summed E-state index contributed by atoms with van der Waals surface area (Å²) < 4.78 is 9.75. The van der Waals surface area contributed by atoms with E-state index in [9.17, 15) is 24.3 Å². The molecule has 2 saturated heterocycles. The summed E-state index contributed by atoms with van der Waals surface area (Å²) in [4.78, 5) is 61.1. The molecule has 5 N–H and O–H groups in total. The molecular formula is C23H31N9O7S4. The number of β-lactam (4-membered cyclic amide) rings is 1. The number of rotatable bonds is 11. The molecule has 4 rings (SSSR count). The quantitative estimate of drug-likeness (QED) is 0.115. The van der Waals surface area contributed by atoms with E-state index in [0.717, 1.165) is 11.5 Å². The van der Waals surface area contributed by atoms with Crippen LogP contribution in [-0.4, -0.2) is 100 Å². The van der Waals surface area contributed by atoms with E-state index in [-0.39, 0.29) is 47.4 Å². The number of hydrogen-bond acceptors (Lipinski definition) is 16. The molecule has 0 radical (unpaired) electrons. The molecular weight excluding hydrogens is 643 g/mol. The Kier molecular flexibility index (Phi) is 10.0. The zero-order valence-electron chi connectivity index (χ0n) is 23.9.